The van der Waals surface area contributed by atoms with Crippen LogP contribution in [-0.4, -0.2) is 45.7 Å². The second kappa shape index (κ2) is 11.4. The van der Waals surface area contributed by atoms with Gasteiger partial charge in [0.25, 0.3) is 5.56 Å². The van der Waals surface area contributed by atoms with Crippen molar-refractivity contribution in [3.63, 3.8) is 0 Å². The molecule has 0 aliphatic rings. The van der Waals surface area contributed by atoms with Gasteiger partial charge in [0.15, 0.2) is 0 Å². The van der Waals surface area contributed by atoms with E-state index in [4.69, 9.17) is 4.74 Å². The molecule has 3 heterocycles. The molecular weight excluding hydrogens is 450 g/mol. The van der Waals surface area contributed by atoms with Gasteiger partial charge in [-0.05, 0) is 63.2 Å². The van der Waals surface area contributed by atoms with Crippen LogP contribution in [0.2, 0.25) is 0 Å². The van der Waals surface area contributed by atoms with Gasteiger partial charge in [0.05, 0.1) is 11.7 Å². The maximum absolute atomic E-state index is 13.4. The summed E-state index contributed by atoms with van der Waals surface area (Å²) in [6.07, 6.45) is 3.52. The van der Waals surface area contributed by atoms with Gasteiger partial charge in [0, 0.05) is 36.3 Å². The molecule has 0 bridgehead atoms. The number of nitrogens with zero attached hydrogens (tertiary/aromatic N) is 4. The Hall–Kier alpha value is -3.71. The fourth-order valence-electron chi connectivity index (χ4n) is 4.47. The van der Waals surface area contributed by atoms with Crippen molar-refractivity contribution in [2.24, 2.45) is 0 Å². The first-order chi connectivity index (χ1) is 17.4. The third-order valence-corrected chi connectivity index (χ3v) is 6.53. The molecule has 0 amide bonds. The van der Waals surface area contributed by atoms with Crippen molar-refractivity contribution in [1.82, 2.24) is 19.4 Å². The van der Waals surface area contributed by atoms with Crippen molar-refractivity contribution in [2.45, 2.75) is 41.2 Å². The van der Waals surface area contributed by atoms with Gasteiger partial charge in [0.1, 0.15) is 24.0 Å². The minimum atomic E-state index is -0.00144. The van der Waals surface area contributed by atoms with Crippen LogP contribution in [0.1, 0.15) is 31.9 Å². The maximum Gasteiger partial charge on any atom is 0.258 e. The molecule has 0 saturated heterocycles. The molecule has 3 aromatic heterocycles. The lowest BCUT2D eigenvalue weighted by atomic mass is 9.98. The zero-order valence-corrected chi connectivity index (χ0v) is 21.8. The predicted octanol–water partition coefficient (Wildman–Crippen LogP) is 5.56. The Morgan fingerprint density at radius 3 is 2.36 bits per heavy atom. The minimum absolute atomic E-state index is 0.00144. The topological polar surface area (TPSA) is 72.3 Å². The quantitative estimate of drug-likeness (QED) is 0.317. The summed E-state index contributed by atoms with van der Waals surface area (Å²) in [5.74, 6) is 2.03. The van der Waals surface area contributed by atoms with Crippen LogP contribution in [0.4, 0.5) is 11.6 Å². The maximum atomic E-state index is 13.4. The molecule has 0 aliphatic carbocycles. The molecule has 0 atom stereocenters. The van der Waals surface area contributed by atoms with Gasteiger partial charge >= 0.3 is 0 Å². The smallest absolute Gasteiger partial charge is 0.258 e. The number of likely N-dealkylation sites (N-methyl/N-ethyl adjacent to an activating group) is 1. The summed E-state index contributed by atoms with van der Waals surface area (Å²) in [5.41, 5.74) is 4.76. The summed E-state index contributed by atoms with van der Waals surface area (Å²) in [6, 6.07) is 13.8. The summed E-state index contributed by atoms with van der Waals surface area (Å²) in [5, 5.41) is 4.17. The second-order valence-electron chi connectivity index (χ2n) is 8.93. The van der Waals surface area contributed by atoms with Crippen molar-refractivity contribution in [1.29, 1.82) is 0 Å². The first-order valence-corrected chi connectivity index (χ1v) is 12.6. The predicted molar refractivity (Wildman–Crippen MR) is 147 cm³/mol. The lowest BCUT2D eigenvalue weighted by Gasteiger charge is -2.18. The molecule has 0 saturated carbocycles. The third kappa shape index (κ3) is 5.57. The van der Waals surface area contributed by atoms with E-state index in [1.807, 2.05) is 50.2 Å². The van der Waals surface area contributed by atoms with Crippen molar-refractivity contribution in [3.05, 3.63) is 76.3 Å². The van der Waals surface area contributed by atoms with E-state index in [0.717, 1.165) is 47.4 Å². The van der Waals surface area contributed by atoms with Gasteiger partial charge < -0.3 is 19.5 Å². The lowest BCUT2D eigenvalue weighted by molar-refractivity contribution is 0.222. The molecule has 0 spiro atoms. The second-order valence-corrected chi connectivity index (χ2v) is 8.93. The Kier molecular flexibility index (Phi) is 8.00. The van der Waals surface area contributed by atoms with Crippen molar-refractivity contribution >= 4 is 22.5 Å². The van der Waals surface area contributed by atoms with Crippen LogP contribution < -0.4 is 15.6 Å². The van der Waals surface area contributed by atoms with Gasteiger partial charge in [-0.15, -0.1) is 0 Å². The fourth-order valence-corrected chi connectivity index (χ4v) is 4.47. The zero-order valence-electron chi connectivity index (χ0n) is 21.8. The summed E-state index contributed by atoms with van der Waals surface area (Å²) in [7, 11) is 0. The van der Waals surface area contributed by atoms with Crippen molar-refractivity contribution < 1.29 is 4.74 Å². The summed E-state index contributed by atoms with van der Waals surface area (Å²) in [6.45, 7) is 14.5. The monoisotopic (exact) mass is 485 g/mol. The largest absolute Gasteiger partial charge is 0.491 e. The lowest BCUT2D eigenvalue weighted by Crippen LogP contribution is -2.27. The van der Waals surface area contributed by atoms with Gasteiger partial charge in [-0.3, -0.25) is 4.79 Å². The first kappa shape index (κ1) is 25.4. The normalized spacial score (nSPS) is 11.3. The molecule has 0 radical (unpaired) electrons. The van der Waals surface area contributed by atoms with E-state index in [1.54, 1.807) is 17.0 Å². The van der Waals surface area contributed by atoms with E-state index >= 15 is 0 Å². The molecule has 7 heteroatoms. The molecule has 0 aliphatic heterocycles. The van der Waals surface area contributed by atoms with E-state index in [0.29, 0.717) is 30.4 Å². The molecule has 1 N–H and O–H groups in total. The Bertz CT molecular complexity index is 1390. The van der Waals surface area contributed by atoms with E-state index < -0.39 is 0 Å². The Morgan fingerprint density at radius 2 is 1.69 bits per heavy atom. The summed E-state index contributed by atoms with van der Waals surface area (Å²) < 4.78 is 7.63. The number of pyridine rings is 3. The van der Waals surface area contributed by atoms with E-state index in [9.17, 15) is 4.79 Å². The van der Waals surface area contributed by atoms with Crippen molar-refractivity contribution in [3.8, 4) is 16.9 Å². The number of hydrogen-bond donors (Lipinski definition) is 1. The fraction of sp³-hybridized carbons (Fsp3) is 0.345. The Labute approximate surface area is 212 Å². The number of ether oxygens (including phenoxy) is 1. The number of aromatic nitrogens is 3. The number of anilines is 2. The molecular formula is C29H35N5O2. The highest BCUT2D eigenvalue weighted by molar-refractivity contribution is 5.86. The minimum Gasteiger partial charge on any atom is -0.491 e. The SMILES string of the molecule is CCN(CC)CCOc1ccc(Nc2cc3c(cn2)cc(-c2ccc(C)cc2C)c(=O)n3CC)nc1. The first-order valence-electron chi connectivity index (χ1n) is 12.6. The zero-order chi connectivity index (χ0) is 25.7. The van der Waals surface area contributed by atoms with Gasteiger partial charge in [-0.2, -0.15) is 0 Å². The van der Waals surface area contributed by atoms with Crippen LogP contribution in [0, 0.1) is 13.8 Å². The highest BCUT2D eigenvalue weighted by Crippen LogP contribution is 2.26. The number of aryl methyl sites for hydroxylation is 3. The average molecular weight is 486 g/mol. The van der Waals surface area contributed by atoms with Crippen LogP contribution in [0.5, 0.6) is 5.75 Å². The van der Waals surface area contributed by atoms with Crippen molar-refractivity contribution in [2.75, 3.05) is 31.6 Å². The standard InChI is InChI=1S/C29H35N5O2/c1-6-33(7-2)13-14-36-23-10-12-27(31-19-23)32-28-17-26-22(18-30-28)16-25(29(35)34(26)8-3)24-11-9-20(4)15-21(24)5/h9-12,15-19H,6-8,13-14H2,1-5H3,(H,30,31,32). The highest BCUT2D eigenvalue weighted by atomic mass is 16.5. The number of benzene rings is 1. The third-order valence-electron chi connectivity index (χ3n) is 6.53. The van der Waals surface area contributed by atoms with Crippen LogP contribution >= 0.6 is 0 Å². The van der Waals surface area contributed by atoms with Crippen LogP contribution in [0.3, 0.4) is 0 Å². The van der Waals surface area contributed by atoms with E-state index in [1.165, 1.54) is 5.56 Å². The number of nitrogens with one attached hydrogen (secondary N) is 1. The van der Waals surface area contributed by atoms with Crippen LogP contribution in [-0.2, 0) is 6.54 Å². The number of rotatable bonds is 10. The van der Waals surface area contributed by atoms with E-state index in [-0.39, 0.29) is 5.56 Å². The van der Waals surface area contributed by atoms with Gasteiger partial charge in [-0.1, -0.05) is 37.6 Å². The molecule has 4 rings (SSSR count). The molecule has 1 aromatic carbocycles. The number of fused-ring (bicyclic) bond motifs is 1. The summed E-state index contributed by atoms with van der Waals surface area (Å²) >= 11 is 0. The van der Waals surface area contributed by atoms with Crippen LogP contribution in [0.25, 0.3) is 22.0 Å². The number of hydrogen-bond acceptors (Lipinski definition) is 6. The highest BCUT2D eigenvalue weighted by Gasteiger charge is 2.13. The van der Waals surface area contributed by atoms with Crippen LogP contribution in [0.15, 0.2) is 59.7 Å². The average Bonchev–Trinajstić information content (AvgIpc) is 2.88. The summed E-state index contributed by atoms with van der Waals surface area (Å²) in [4.78, 5) is 24.8. The Morgan fingerprint density at radius 1 is 0.917 bits per heavy atom. The Balaban J connectivity index is 1.55. The molecule has 188 valence electrons. The van der Waals surface area contributed by atoms with Gasteiger partial charge in [0.2, 0.25) is 0 Å². The molecule has 7 nitrogen and oxygen atoms in total. The van der Waals surface area contributed by atoms with E-state index in [2.05, 4.69) is 47.0 Å². The molecule has 4 aromatic rings. The molecule has 0 unspecified atom stereocenters. The molecule has 0 fully saturated rings. The van der Waals surface area contributed by atoms with Gasteiger partial charge in [-0.25, -0.2) is 9.97 Å². The molecule has 36 heavy (non-hydrogen) atoms.